The fraction of sp³-hybridized carbons (Fsp3) is 0. The minimum absolute atomic E-state index is 0.715. The highest BCUT2D eigenvalue weighted by Gasteiger charge is 2.05. The highest BCUT2D eigenvalue weighted by atomic mass is 79.9. The lowest BCUT2D eigenvalue weighted by atomic mass is 10.0. The first-order chi connectivity index (χ1) is 7.18. The van der Waals surface area contributed by atoms with Crippen LogP contribution in [0.5, 0.6) is 0 Å². The number of benzene rings is 2. The summed E-state index contributed by atoms with van der Waals surface area (Å²) >= 11 is 9.34. The van der Waals surface area contributed by atoms with Crippen molar-refractivity contribution in [2.24, 2.45) is 0 Å². The lowest BCUT2D eigenvalue weighted by Crippen LogP contribution is -1.90. The van der Waals surface area contributed by atoms with Crippen molar-refractivity contribution in [3.63, 3.8) is 0 Å². The lowest BCUT2D eigenvalue weighted by Gasteiger charge is -2.07. The maximum Gasteiger partial charge on any atom is 0.0538 e. The molecule has 0 saturated carbocycles. The van der Waals surface area contributed by atoms with Crippen LogP contribution in [0.15, 0.2) is 46.9 Å². The van der Waals surface area contributed by atoms with Crippen LogP contribution < -0.4 is 5.73 Å². The van der Waals surface area contributed by atoms with E-state index in [0.29, 0.717) is 5.02 Å². The zero-order valence-electron chi connectivity index (χ0n) is 7.87. The van der Waals surface area contributed by atoms with Gasteiger partial charge in [-0.05, 0) is 39.7 Å². The maximum atomic E-state index is 5.97. The molecule has 2 N–H and O–H groups in total. The molecule has 0 atom stereocenters. The quantitative estimate of drug-likeness (QED) is 0.773. The van der Waals surface area contributed by atoms with Crippen LogP contribution in [-0.4, -0.2) is 0 Å². The fourth-order valence-corrected chi connectivity index (χ4v) is 2.00. The third kappa shape index (κ3) is 2.16. The summed E-state index contributed by atoms with van der Waals surface area (Å²) in [5.41, 5.74) is 8.73. The van der Waals surface area contributed by atoms with Gasteiger partial charge in [0, 0.05) is 15.1 Å². The number of para-hydroxylation sites is 1. The van der Waals surface area contributed by atoms with Gasteiger partial charge < -0.3 is 5.73 Å². The Kier molecular flexibility index (Phi) is 2.98. The van der Waals surface area contributed by atoms with E-state index in [2.05, 4.69) is 15.9 Å². The normalized spacial score (nSPS) is 10.3. The average Bonchev–Trinajstić information content (AvgIpc) is 2.22. The molecule has 0 amide bonds. The Morgan fingerprint density at radius 3 is 2.53 bits per heavy atom. The summed E-state index contributed by atoms with van der Waals surface area (Å²) in [4.78, 5) is 0. The van der Waals surface area contributed by atoms with Crippen LogP contribution in [0.2, 0.25) is 5.02 Å². The first kappa shape index (κ1) is 10.5. The summed E-state index contributed by atoms with van der Waals surface area (Å²) in [7, 11) is 0. The Morgan fingerprint density at radius 1 is 1.07 bits per heavy atom. The predicted octanol–water partition coefficient (Wildman–Crippen LogP) is 4.35. The topological polar surface area (TPSA) is 26.0 Å². The molecular weight excluding hydrogens is 273 g/mol. The molecule has 0 bridgehead atoms. The molecule has 0 spiro atoms. The van der Waals surface area contributed by atoms with Gasteiger partial charge in [0.1, 0.15) is 0 Å². The molecule has 0 unspecified atom stereocenters. The number of rotatable bonds is 1. The van der Waals surface area contributed by atoms with E-state index in [1.165, 1.54) is 0 Å². The van der Waals surface area contributed by atoms with Crippen LogP contribution in [0.25, 0.3) is 11.1 Å². The molecule has 1 nitrogen and oxygen atoms in total. The van der Waals surface area contributed by atoms with Gasteiger partial charge in [-0.15, -0.1) is 0 Å². The minimum atomic E-state index is 0.715. The summed E-state index contributed by atoms with van der Waals surface area (Å²) in [6, 6.07) is 13.5. The molecule has 2 rings (SSSR count). The average molecular weight is 283 g/mol. The molecular formula is C12H9BrClN. The van der Waals surface area contributed by atoms with Crippen molar-refractivity contribution < 1.29 is 0 Å². The molecule has 2 aromatic rings. The predicted molar refractivity (Wildman–Crippen MR) is 69.0 cm³/mol. The van der Waals surface area contributed by atoms with Crippen LogP contribution in [0.4, 0.5) is 5.69 Å². The molecule has 0 aliphatic rings. The second kappa shape index (κ2) is 4.25. The molecule has 0 heterocycles. The molecule has 0 fully saturated rings. The molecule has 0 radical (unpaired) electrons. The van der Waals surface area contributed by atoms with Crippen LogP contribution in [0.1, 0.15) is 0 Å². The first-order valence-electron chi connectivity index (χ1n) is 4.48. The number of hydrogen-bond acceptors (Lipinski definition) is 1. The molecule has 0 aliphatic carbocycles. The van der Waals surface area contributed by atoms with Crippen molar-refractivity contribution in [1.29, 1.82) is 0 Å². The standard InChI is InChI=1S/C12H9BrClN/c13-11-6-2-5-10(12(11)15)8-3-1-4-9(14)7-8/h1-7H,15H2. The molecule has 2 aromatic carbocycles. The molecule has 15 heavy (non-hydrogen) atoms. The van der Waals surface area contributed by atoms with Gasteiger partial charge in [0.15, 0.2) is 0 Å². The van der Waals surface area contributed by atoms with Crippen molar-refractivity contribution in [2.75, 3.05) is 5.73 Å². The Labute approximate surface area is 102 Å². The second-order valence-corrected chi connectivity index (χ2v) is 4.50. The van der Waals surface area contributed by atoms with Crippen molar-refractivity contribution in [2.45, 2.75) is 0 Å². The van der Waals surface area contributed by atoms with Crippen LogP contribution in [0.3, 0.4) is 0 Å². The SMILES string of the molecule is Nc1c(Br)cccc1-c1cccc(Cl)c1. The van der Waals surface area contributed by atoms with Gasteiger partial charge >= 0.3 is 0 Å². The monoisotopic (exact) mass is 281 g/mol. The number of halogens is 2. The van der Waals surface area contributed by atoms with Crippen molar-refractivity contribution in [3.8, 4) is 11.1 Å². The van der Waals surface area contributed by atoms with Gasteiger partial charge in [0.25, 0.3) is 0 Å². The summed E-state index contributed by atoms with van der Waals surface area (Å²) < 4.78 is 0.903. The largest absolute Gasteiger partial charge is 0.397 e. The highest BCUT2D eigenvalue weighted by molar-refractivity contribution is 9.10. The first-order valence-corrected chi connectivity index (χ1v) is 5.65. The second-order valence-electron chi connectivity index (χ2n) is 3.21. The third-order valence-corrected chi connectivity index (χ3v) is 3.12. The molecule has 0 aromatic heterocycles. The van der Waals surface area contributed by atoms with Crippen molar-refractivity contribution in [3.05, 3.63) is 52.0 Å². The van der Waals surface area contributed by atoms with E-state index in [1.54, 1.807) is 0 Å². The summed E-state index contributed by atoms with van der Waals surface area (Å²) in [5.74, 6) is 0. The Balaban J connectivity index is 2.59. The molecule has 0 saturated heterocycles. The number of nitrogens with two attached hydrogens (primary N) is 1. The Bertz CT molecular complexity index is 497. The zero-order chi connectivity index (χ0) is 10.8. The zero-order valence-corrected chi connectivity index (χ0v) is 10.2. The lowest BCUT2D eigenvalue weighted by molar-refractivity contribution is 1.58. The van der Waals surface area contributed by atoms with Crippen LogP contribution >= 0.6 is 27.5 Å². The van der Waals surface area contributed by atoms with Crippen LogP contribution in [0, 0.1) is 0 Å². The minimum Gasteiger partial charge on any atom is -0.397 e. The van der Waals surface area contributed by atoms with Gasteiger partial charge in [0.2, 0.25) is 0 Å². The van der Waals surface area contributed by atoms with Crippen LogP contribution in [-0.2, 0) is 0 Å². The van der Waals surface area contributed by atoms with Gasteiger partial charge in [-0.1, -0.05) is 35.9 Å². The van der Waals surface area contributed by atoms with Gasteiger partial charge in [-0.2, -0.15) is 0 Å². The van der Waals surface area contributed by atoms with E-state index < -0.39 is 0 Å². The maximum absolute atomic E-state index is 5.97. The smallest absolute Gasteiger partial charge is 0.0538 e. The van der Waals surface area contributed by atoms with Crippen molar-refractivity contribution >= 4 is 33.2 Å². The number of nitrogen functional groups attached to an aromatic ring is 1. The molecule has 3 heteroatoms. The number of hydrogen-bond donors (Lipinski definition) is 1. The highest BCUT2D eigenvalue weighted by Crippen LogP contribution is 2.32. The van der Waals surface area contributed by atoms with E-state index in [4.69, 9.17) is 17.3 Å². The van der Waals surface area contributed by atoms with Crippen molar-refractivity contribution in [1.82, 2.24) is 0 Å². The number of anilines is 1. The summed E-state index contributed by atoms with van der Waals surface area (Å²) in [6.07, 6.45) is 0. The Morgan fingerprint density at radius 2 is 1.80 bits per heavy atom. The summed E-state index contributed by atoms with van der Waals surface area (Å²) in [5, 5.41) is 0.715. The van der Waals surface area contributed by atoms with E-state index in [-0.39, 0.29) is 0 Å². The van der Waals surface area contributed by atoms with Gasteiger partial charge in [0.05, 0.1) is 5.69 Å². The van der Waals surface area contributed by atoms with E-state index in [1.807, 2.05) is 42.5 Å². The van der Waals surface area contributed by atoms with E-state index in [9.17, 15) is 0 Å². The Hall–Kier alpha value is -0.990. The molecule has 76 valence electrons. The van der Waals surface area contributed by atoms with Gasteiger partial charge in [-0.3, -0.25) is 0 Å². The van der Waals surface area contributed by atoms with E-state index >= 15 is 0 Å². The van der Waals surface area contributed by atoms with Gasteiger partial charge in [-0.25, -0.2) is 0 Å². The molecule has 0 aliphatic heterocycles. The van der Waals surface area contributed by atoms with E-state index in [0.717, 1.165) is 21.3 Å². The third-order valence-electron chi connectivity index (χ3n) is 2.19. The summed E-state index contributed by atoms with van der Waals surface area (Å²) in [6.45, 7) is 0. The fourth-order valence-electron chi connectivity index (χ4n) is 1.44.